The van der Waals surface area contributed by atoms with Crippen molar-refractivity contribution in [2.24, 2.45) is 0 Å². The van der Waals surface area contributed by atoms with Crippen LogP contribution >= 0.6 is 34.3 Å². The Balaban J connectivity index is 1.39. The standard InChI is InChI=1S/C23H23ClN4OS2/c1-13(19-11-30-14(2)27-19)28-12-26-22-21(23(28)29)18-7-6-17(9-20(18)31-22)25-10-15-4-3-5-16(24)8-15/h3-5,8,11-13,17,25H,6-7,9-10H2,1-2H3/t13-,17-/m0/s1. The van der Waals surface area contributed by atoms with Crippen LogP contribution in [0.25, 0.3) is 10.2 Å². The van der Waals surface area contributed by atoms with Gasteiger partial charge >= 0.3 is 0 Å². The summed E-state index contributed by atoms with van der Waals surface area (Å²) in [7, 11) is 0. The number of nitrogens with one attached hydrogen (secondary N) is 1. The first-order valence-corrected chi connectivity index (χ1v) is 12.5. The highest BCUT2D eigenvalue weighted by Crippen LogP contribution is 2.34. The van der Waals surface area contributed by atoms with E-state index in [1.54, 1.807) is 33.6 Å². The molecule has 0 radical (unpaired) electrons. The maximum absolute atomic E-state index is 13.4. The Morgan fingerprint density at radius 1 is 1.39 bits per heavy atom. The van der Waals surface area contributed by atoms with Crippen LogP contribution in [-0.4, -0.2) is 20.6 Å². The number of aryl methyl sites for hydroxylation is 2. The number of thiophene rings is 1. The van der Waals surface area contributed by atoms with Gasteiger partial charge < -0.3 is 5.32 Å². The lowest BCUT2D eigenvalue weighted by Crippen LogP contribution is -2.34. The zero-order valence-electron chi connectivity index (χ0n) is 17.4. The first-order valence-electron chi connectivity index (χ1n) is 10.4. The molecule has 4 aromatic rings. The van der Waals surface area contributed by atoms with Crippen molar-refractivity contribution in [2.75, 3.05) is 0 Å². The molecular weight excluding hydrogens is 448 g/mol. The minimum atomic E-state index is -0.124. The molecular formula is C23H23ClN4OS2. The molecule has 0 bridgehead atoms. The number of hydrogen-bond donors (Lipinski definition) is 1. The lowest BCUT2D eigenvalue weighted by atomic mass is 9.93. The van der Waals surface area contributed by atoms with Crippen LogP contribution in [0.4, 0.5) is 0 Å². The molecule has 31 heavy (non-hydrogen) atoms. The molecule has 0 amide bonds. The van der Waals surface area contributed by atoms with Gasteiger partial charge in [-0.3, -0.25) is 9.36 Å². The van der Waals surface area contributed by atoms with Gasteiger partial charge in [0, 0.05) is 27.9 Å². The maximum atomic E-state index is 13.4. The Labute approximate surface area is 193 Å². The molecule has 2 atom stereocenters. The van der Waals surface area contributed by atoms with Gasteiger partial charge in [0.2, 0.25) is 0 Å². The molecule has 0 unspecified atom stereocenters. The lowest BCUT2D eigenvalue weighted by Gasteiger charge is -2.23. The van der Waals surface area contributed by atoms with Crippen molar-refractivity contribution < 1.29 is 0 Å². The molecule has 5 rings (SSSR count). The third-order valence-electron chi connectivity index (χ3n) is 5.96. The van der Waals surface area contributed by atoms with Crippen molar-refractivity contribution in [3.8, 4) is 0 Å². The second kappa shape index (κ2) is 8.47. The van der Waals surface area contributed by atoms with Gasteiger partial charge in [0.05, 0.1) is 28.5 Å². The molecule has 0 aliphatic heterocycles. The Kier molecular flexibility index (Phi) is 5.69. The van der Waals surface area contributed by atoms with E-state index >= 15 is 0 Å². The Morgan fingerprint density at radius 2 is 2.26 bits per heavy atom. The summed E-state index contributed by atoms with van der Waals surface area (Å²) in [4.78, 5) is 24.7. The second-order valence-corrected chi connectivity index (χ2v) is 10.6. The monoisotopic (exact) mass is 470 g/mol. The van der Waals surface area contributed by atoms with Crippen LogP contribution in [0.2, 0.25) is 5.02 Å². The summed E-state index contributed by atoms with van der Waals surface area (Å²) in [5, 5.41) is 8.25. The summed E-state index contributed by atoms with van der Waals surface area (Å²) in [6.07, 6.45) is 4.51. The number of hydrogen-bond acceptors (Lipinski definition) is 6. The van der Waals surface area contributed by atoms with Crippen LogP contribution in [0.15, 0.2) is 40.8 Å². The van der Waals surface area contributed by atoms with Gasteiger partial charge in [-0.2, -0.15) is 0 Å². The summed E-state index contributed by atoms with van der Waals surface area (Å²) >= 11 is 9.37. The van der Waals surface area contributed by atoms with E-state index in [0.29, 0.717) is 6.04 Å². The molecule has 0 saturated heterocycles. The highest BCUT2D eigenvalue weighted by atomic mass is 35.5. The van der Waals surface area contributed by atoms with E-state index in [2.05, 4.69) is 21.4 Å². The number of nitrogens with zero attached hydrogens (tertiary/aromatic N) is 3. The van der Waals surface area contributed by atoms with E-state index < -0.39 is 0 Å². The Morgan fingerprint density at radius 3 is 3.03 bits per heavy atom. The first kappa shape index (κ1) is 20.8. The number of rotatable bonds is 5. The molecule has 0 spiro atoms. The average molecular weight is 471 g/mol. The molecule has 160 valence electrons. The van der Waals surface area contributed by atoms with Gasteiger partial charge in [-0.05, 0) is 56.4 Å². The largest absolute Gasteiger partial charge is 0.310 e. The number of thiazole rings is 1. The topological polar surface area (TPSA) is 59.8 Å². The minimum absolute atomic E-state index is 0.0472. The first-order chi connectivity index (χ1) is 15.0. The number of aromatic nitrogens is 3. The van der Waals surface area contributed by atoms with Gasteiger partial charge in [0.1, 0.15) is 4.83 Å². The van der Waals surface area contributed by atoms with Crippen LogP contribution < -0.4 is 10.9 Å². The van der Waals surface area contributed by atoms with Crippen LogP contribution in [-0.2, 0) is 19.4 Å². The fourth-order valence-corrected chi connectivity index (χ4v) is 6.42. The third-order valence-corrected chi connectivity index (χ3v) is 8.15. The van der Waals surface area contributed by atoms with E-state index in [-0.39, 0.29) is 11.6 Å². The summed E-state index contributed by atoms with van der Waals surface area (Å²) in [5.41, 5.74) is 3.34. The van der Waals surface area contributed by atoms with Crippen LogP contribution in [0.3, 0.4) is 0 Å². The molecule has 1 N–H and O–H groups in total. The summed E-state index contributed by atoms with van der Waals surface area (Å²) in [6.45, 7) is 4.79. The van der Waals surface area contributed by atoms with Crippen molar-refractivity contribution in [3.05, 3.63) is 78.1 Å². The van der Waals surface area contributed by atoms with E-state index in [0.717, 1.165) is 51.7 Å². The minimum Gasteiger partial charge on any atom is -0.310 e. The molecule has 1 aliphatic carbocycles. The number of fused-ring (bicyclic) bond motifs is 3. The summed E-state index contributed by atoms with van der Waals surface area (Å²) in [6, 6.07) is 8.23. The van der Waals surface area contributed by atoms with Crippen molar-refractivity contribution in [1.82, 2.24) is 19.9 Å². The molecule has 3 heterocycles. The maximum Gasteiger partial charge on any atom is 0.262 e. The molecule has 1 aromatic carbocycles. The second-order valence-electron chi connectivity index (χ2n) is 8.06. The Bertz CT molecular complexity index is 1310. The Hall–Kier alpha value is -2.06. The van der Waals surface area contributed by atoms with E-state index in [4.69, 9.17) is 11.6 Å². The highest BCUT2D eigenvalue weighted by molar-refractivity contribution is 7.18. The highest BCUT2D eigenvalue weighted by Gasteiger charge is 2.26. The van der Waals surface area contributed by atoms with Crippen molar-refractivity contribution >= 4 is 44.5 Å². The molecule has 8 heteroatoms. The van der Waals surface area contributed by atoms with Gasteiger partial charge in [-0.25, -0.2) is 9.97 Å². The molecule has 3 aromatic heterocycles. The third kappa shape index (κ3) is 4.07. The van der Waals surface area contributed by atoms with Crippen LogP contribution in [0.5, 0.6) is 0 Å². The summed E-state index contributed by atoms with van der Waals surface area (Å²) in [5.74, 6) is 0. The number of halogens is 1. The van der Waals surface area contributed by atoms with Gasteiger partial charge in [0.15, 0.2) is 0 Å². The summed E-state index contributed by atoms with van der Waals surface area (Å²) < 4.78 is 1.73. The van der Waals surface area contributed by atoms with E-state index in [1.807, 2.05) is 37.4 Å². The molecule has 0 fully saturated rings. The van der Waals surface area contributed by atoms with E-state index in [9.17, 15) is 4.79 Å². The predicted octanol–water partition coefficient (Wildman–Crippen LogP) is 5.13. The lowest BCUT2D eigenvalue weighted by molar-refractivity contribution is 0.462. The molecule has 1 aliphatic rings. The molecule has 5 nitrogen and oxygen atoms in total. The van der Waals surface area contributed by atoms with Crippen molar-refractivity contribution in [2.45, 2.75) is 51.7 Å². The van der Waals surface area contributed by atoms with Crippen LogP contribution in [0.1, 0.15) is 46.1 Å². The zero-order chi connectivity index (χ0) is 21.5. The van der Waals surface area contributed by atoms with Gasteiger partial charge in [-0.15, -0.1) is 22.7 Å². The predicted molar refractivity (Wildman–Crippen MR) is 129 cm³/mol. The number of benzene rings is 1. The average Bonchev–Trinajstić information content (AvgIpc) is 3.35. The zero-order valence-corrected chi connectivity index (χ0v) is 19.8. The molecule has 0 saturated carbocycles. The van der Waals surface area contributed by atoms with Crippen LogP contribution in [0, 0.1) is 6.92 Å². The van der Waals surface area contributed by atoms with Crippen molar-refractivity contribution in [3.63, 3.8) is 0 Å². The quantitative estimate of drug-likeness (QED) is 0.439. The van der Waals surface area contributed by atoms with E-state index in [1.165, 1.54) is 16.0 Å². The SMILES string of the molecule is Cc1nc([C@H](C)n2cnc3sc4c(c3c2=O)CC[C@H](NCc2cccc(Cl)c2)C4)cs1. The normalized spacial score (nSPS) is 17.1. The van der Waals surface area contributed by atoms with Crippen molar-refractivity contribution in [1.29, 1.82) is 0 Å². The fraction of sp³-hybridized carbons (Fsp3) is 0.348. The van der Waals surface area contributed by atoms with Gasteiger partial charge in [-0.1, -0.05) is 23.7 Å². The fourth-order valence-electron chi connectivity index (χ4n) is 4.25. The van der Waals surface area contributed by atoms with Gasteiger partial charge in [0.25, 0.3) is 5.56 Å². The smallest absolute Gasteiger partial charge is 0.262 e.